The number of carbonyl (C=O) groups excluding carboxylic acids is 1. The molecule has 0 saturated carbocycles. The smallest absolute Gasteiger partial charge is 0.265 e. The average Bonchev–Trinajstić information content (AvgIpc) is 2.53. The summed E-state index contributed by atoms with van der Waals surface area (Å²) in [4.78, 5) is 11.7. The van der Waals surface area contributed by atoms with Crippen molar-refractivity contribution < 1.29 is 13.2 Å². The molecule has 0 aliphatic carbocycles. The van der Waals surface area contributed by atoms with Gasteiger partial charge in [0.1, 0.15) is 4.90 Å². The highest BCUT2D eigenvalue weighted by Gasteiger charge is 2.32. The van der Waals surface area contributed by atoms with Gasteiger partial charge in [0, 0.05) is 12.1 Å². The lowest BCUT2D eigenvalue weighted by molar-refractivity contribution is 0.0999. The van der Waals surface area contributed by atoms with Crippen molar-refractivity contribution in [1.82, 2.24) is 0 Å². The summed E-state index contributed by atoms with van der Waals surface area (Å²) >= 11 is 6.16. The van der Waals surface area contributed by atoms with Crippen LogP contribution in [0.25, 0.3) is 0 Å². The topological polar surface area (TPSA) is 80.5 Å². The van der Waals surface area contributed by atoms with Gasteiger partial charge >= 0.3 is 0 Å². The Kier molecular flexibility index (Phi) is 4.27. The standard InChI is InChI=1S/C17H17ClN2O3S/c1-11-7-8-16(14(18)10-11)24(22,23)20-9-3-5-12-13(17(19)21)4-2-6-15(12)20/h2,4,6-8,10H,3,5,9H2,1H3,(H2,19,21). The van der Waals surface area contributed by atoms with Crippen LogP contribution in [0.5, 0.6) is 0 Å². The van der Waals surface area contributed by atoms with Crippen LogP contribution < -0.4 is 10.0 Å². The van der Waals surface area contributed by atoms with Gasteiger partial charge in [-0.25, -0.2) is 8.42 Å². The number of anilines is 1. The Morgan fingerprint density at radius 1 is 1.25 bits per heavy atom. The van der Waals surface area contributed by atoms with Crippen molar-refractivity contribution in [2.75, 3.05) is 10.8 Å². The van der Waals surface area contributed by atoms with E-state index in [1.54, 1.807) is 30.3 Å². The number of hydrogen-bond acceptors (Lipinski definition) is 3. The zero-order chi connectivity index (χ0) is 17.5. The lowest BCUT2D eigenvalue weighted by Gasteiger charge is -2.31. The van der Waals surface area contributed by atoms with Crippen LogP contribution in [0.15, 0.2) is 41.3 Å². The molecule has 0 saturated heterocycles. The Morgan fingerprint density at radius 3 is 2.67 bits per heavy atom. The maximum atomic E-state index is 13.1. The average molecular weight is 365 g/mol. The van der Waals surface area contributed by atoms with E-state index in [9.17, 15) is 13.2 Å². The normalized spacial score (nSPS) is 14.3. The van der Waals surface area contributed by atoms with Crippen LogP contribution in [0.4, 0.5) is 5.69 Å². The predicted molar refractivity (Wildman–Crippen MR) is 94.0 cm³/mol. The zero-order valence-corrected chi connectivity index (χ0v) is 14.7. The maximum Gasteiger partial charge on any atom is 0.265 e. The summed E-state index contributed by atoms with van der Waals surface area (Å²) in [5.74, 6) is -0.556. The van der Waals surface area contributed by atoms with Crippen molar-refractivity contribution in [2.24, 2.45) is 5.73 Å². The molecule has 2 aromatic rings. The summed E-state index contributed by atoms with van der Waals surface area (Å²) in [5, 5.41) is 0.188. The number of sulfonamides is 1. The van der Waals surface area contributed by atoms with Crippen LogP contribution in [0, 0.1) is 6.92 Å². The molecule has 0 unspecified atom stereocenters. The number of nitrogens with zero attached hydrogens (tertiary/aromatic N) is 1. The van der Waals surface area contributed by atoms with Crippen molar-refractivity contribution in [3.05, 3.63) is 58.1 Å². The fourth-order valence-electron chi connectivity index (χ4n) is 3.01. The lowest BCUT2D eigenvalue weighted by atomic mass is 9.97. The van der Waals surface area contributed by atoms with E-state index >= 15 is 0 Å². The third-order valence-electron chi connectivity index (χ3n) is 4.13. The van der Waals surface area contributed by atoms with Crippen molar-refractivity contribution in [3.63, 3.8) is 0 Å². The van der Waals surface area contributed by atoms with E-state index in [4.69, 9.17) is 17.3 Å². The Balaban J connectivity index is 2.15. The van der Waals surface area contributed by atoms with Gasteiger partial charge in [-0.3, -0.25) is 9.10 Å². The molecule has 7 heteroatoms. The summed E-state index contributed by atoms with van der Waals surface area (Å²) in [6.07, 6.45) is 1.22. The first-order valence-electron chi connectivity index (χ1n) is 7.53. The minimum absolute atomic E-state index is 0.0621. The number of benzene rings is 2. The molecule has 1 aliphatic heterocycles. The molecule has 0 aromatic heterocycles. The molecule has 1 amide bonds. The van der Waals surface area contributed by atoms with E-state index in [0.29, 0.717) is 36.2 Å². The molecule has 24 heavy (non-hydrogen) atoms. The van der Waals surface area contributed by atoms with Crippen LogP contribution in [0.1, 0.15) is 27.9 Å². The van der Waals surface area contributed by atoms with Crippen LogP contribution in [-0.4, -0.2) is 20.9 Å². The Bertz CT molecular complexity index is 925. The van der Waals surface area contributed by atoms with Gasteiger partial charge in [0.15, 0.2) is 0 Å². The van der Waals surface area contributed by atoms with Crippen molar-refractivity contribution in [3.8, 4) is 0 Å². The number of halogens is 1. The first-order chi connectivity index (χ1) is 11.3. The Morgan fingerprint density at radius 2 is 2.00 bits per heavy atom. The second-order valence-electron chi connectivity index (χ2n) is 5.78. The minimum Gasteiger partial charge on any atom is -0.366 e. The molecule has 3 rings (SSSR count). The van der Waals surface area contributed by atoms with Crippen molar-refractivity contribution in [2.45, 2.75) is 24.7 Å². The summed E-state index contributed by atoms with van der Waals surface area (Å²) in [6, 6.07) is 9.81. The lowest BCUT2D eigenvalue weighted by Crippen LogP contribution is -2.36. The molecule has 0 radical (unpaired) electrons. The van der Waals surface area contributed by atoms with Gasteiger partial charge in [0.2, 0.25) is 5.91 Å². The van der Waals surface area contributed by atoms with Gasteiger partial charge in [-0.05, 0) is 55.2 Å². The molecule has 2 N–H and O–H groups in total. The van der Waals surface area contributed by atoms with E-state index in [2.05, 4.69) is 0 Å². The van der Waals surface area contributed by atoms with Gasteiger partial charge in [-0.1, -0.05) is 23.7 Å². The molecule has 0 bridgehead atoms. The fraction of sp³-hybridized carbons (Fsp3) is 0.235. The van der Waals surface area contributed by atoms with Crippen LogP contribution in [-0.2, 0) is 16.4 Å². The number of aryl methyl sites for hydroxylation is 1. The summed E-state index contributed by atoms with van der Waals surface area (Å²) in [5.41, 5.74) is 7.83. The van der Waals surface area contributed by atoms with Crippen LogP contribution in [0.2, 0.25) is 5.02 Å². The van der Waals surface area contributed by atoms with E-state index in [0.717, 1.165) is 5.56 Å². The number of fused-ring (bicyclic) bond motifs is 1. The molecule has 126 valence electrons. The van der Waals surface area contributed by atoms with Gasteiger partial charge in [0.05, 0.1) is 10.7 Å². The first-order valence-corrected chi connectivity index (χ1v) is 9.35. The number of carbonyl (C=O) groups is 1. The van der Waals surface area contributed by atoms with E-state index in [1.807, 2.05) is 6.92 Å². The van der Waals surface area contributed by atoms with E-state index < -0.39 is 15.9 Å². The predicted octanol–water partition coefficient (Wildman–Crippen LogP) is 2.89. The second-order valence-corrected chi connectivity index (χ2v) is 8.02. The largest absolute Gasteiger partial charge is 0.366 e. The highest BCUT2D eigenvalue weighted by Crippen LogP contribution is 2.35. The third kappa shape index (κ3) is 2.76. The van der Waals surface area contributed by atoms with Crippen molar-refractivity contribution in [1.29, 1.82) is 0 Å². The maximum absolute atomic E-state index is 13.1. The van der Waals surface area contributed by atoms with Crippen molar-refractivity contribution >= 4 is 33.2 Å². The monoisotopic (exact) mass is 364 g/mol. The Labute approximate surface area is 146 Å². The number of primary amides is 1. The van der Waals surface area contributed by atoms with Gasteiger partial charge in [-0.15, -0.1) is 0 Å². The summed E-state index contributed by atoms with van der Waals surface area (Å²) < 4.78 is 27.5. The Hall–Kier alpha value is -2.05. The van der Waals surface area contributed by atoms with Crippen LogP contribution in [0.3, 0.4) is 0 Å². The molecule has 5 nitrogen and oxygen atoms in total. The third-order valence-corrected chi connectivity index (χ3v) is 6.42. The zero-order valence-electron chi connectivity index (χ0n) is 13.1. The molecule has 1 aliphatic rings. The summed E-state index contributed by atoms with van der Waals surface area (Å²) in [7, 11) is -3.82. The molecule has 0 spiro atoms. The van der Waals surface area contributed by atoms with Gasteiger partial charge in [0.25, 0.3) is 10.0 Å². The van der Waals surface area contributed by atoms with Crippen LogP contribution >= 0.6 is 11.6 Å². The quantitative estimate of drug-likeness (QED) is 0.909. The highest BCUT2D eigenvalue weighted by atomic mass is 35.5. The fourth-order valence-corrected chi connectivity index (χ4v) is 5.12. The molecule has 2 aromatic carbocycles. The molecular formula is C17H17ClN2O3S. The van der Waals surface area contributed by atoms with E-state index in [-0.39, 0.29) is 9.92 Å². The van der Waals surface area contributed by atoms with E-state index in [1.165, 1.54) is 10.4 Å². The highest BCUT2D eigenvalue weighted by molar-refractivity contribution is 7.93. The first kappa shape index (κ1) is 16.8. The minimum atomic E-state index is -3.82. The SMILES string of the molecule is Cc1ccc(S(=O)(=O)N2CCCc3c(C(N)=O)cccc32)c(Cl)c1. The molecule has 0 atom stereocenters. The number of hydrogen-bond donors (Lipinski definition) is 1. The molecule has 1 heterocycles. The van der Waals surface area contributed by atoms with Gasteiger partial charge < -0.3 is 5.73 Å². The number of amides is 1. The molecular weight excluding hydrogens is 348 g/mol. The number of nitrogens with two attached hydrogens (primary N) is 1. The van der Waals surface area contributed by atoms with Gasteiger partial charge in [-0.2, -0.15) is 0 Å². The summed E-state index contributed by atoms with van der Waals surface area (Å²) in [6.45, 7) is 2.18. The second kappa shape index (κ2) is 6.11. The molecule has 0 fully saturated rings. The number of rotatable bonds is 3.